The van der Waals surface area contributed by atoms with Crippen LogP contribution in [0.25, 0.3) is 0 Å². The van der Waals surface area contributed by atoms with Crippen molar-refractivity contribution in [3.8, 4) is 6.01 Å². The maximum Gasteiger partial charge on any atom is 0.422 e. The van der Waals surface area contributed by atoms with Gasteiger partial charge in [0, 0.05) is 42.7 Å². The molecule has 0 bridgehead atoms. The second kappa shape index (κ2) is 14.6. The van der Waals surface area contributed by atoms with Gasteiger partial charge in [-0.2, -0.15) is 28.1 Å². The highest BCUT2D eigenvalue weighted by atomic mass is 35.5. The molecular formula is C37H39ClF4N6O6S. The van der Waals surface area contributed by atoms with Crippen LogP contribution in [0.1, 0.15) is 97.9 Å². The Balaban J connectivity index is 0.917. The van der Waals surface area contributed by atoms with Crippen LogP contribution in [0.3, 0.4) is 0 Å². The average molecular weight is 807 g/mol. The third-order valence-electron chi connectivity index (χ3n) is 10.5. The van der Waals surface area contributed by atoms with E-state index in [1.807, 2.05) is 16.9 Å². The number of amides is 2. The normalized spacial score (nSPS) is 21.9. The van der Waals surface area contributed by atoms with Crippen LogP contribution in [0.15, 0.2) is 48.5 Å². The molecule has 2 amide bonds. The Morgan fingerprint density at radius 1 is 0.909 bits per heavy atom. The van der Waals surface area contributed by atoms with Crippen molar-refractivity contribution in [2.75, 3.05) is 11.9 Å². The fourth-order valence-electron chi connectivity index (χ4n) is 6.84. The lowest BCUT2D eigenvalue weighted by atomic mass is 10.0. The number of nitrogens with zero attached hydrogens (tertiary/aromatic N) is 3. The Bertz CT molecular complexity index is 2080. The van der Waals surface area contributed by atoms with Gasteiger partial charge in [0.2, 0.25) is 16.9 Å². The molecule has 0 saturated heterocycles. The number of halogens is 5. The molecule has 2 aromatic carbocycles. The highest BCUT2D eigenvalue weighted by Crippen LogP contribution is 2.57. The molecule has 2 atom stereocenters. The maximum absolute atomic E-state index is 14.3. The largest absolute Gasteiger partial charge is 0.454 e. The number of benzene rings is 2. The summed E-state index contributed by atoms with van der Waals surface area (Å²) in [5.74, 6) is -1.29. The zero-order chi connectivity index (χ0) is 39.2. The molecule has 0 spiro atoms. The highest BCUT2D eigenvalue weighted by Gasteiger charge is 2.67. The van der Waals surface area contributed by atoms with Gasteiger partial charge in [0.15, 0.2) is 12.4 Å². The predicted octanol–water partition coefficient (Wildman–Crippen LogP) is 6.09. The van der Waals surface area contributed by atoms with Crippen LogP contribution in [0.5, 0.6) is 6.01 Å². The van der Waals surface area contributed by atoms with E-state index in [0.29, 0.717) is 35.4 Å². The number of carbonyl (C=O) groups excluding carboxylic acids is 3. The second-order valence-corrected chi connectivity index (χ2v) is 17.3. The number of carbonyl (C=O) groups is 3. The molecule has 12 nitrogen and oxygen atoms in total. The summed E-state index contributed by atoms with van der Waals surface area (Å²) in [7, 11) is -4.50. The first-order valence-corrected chi connectivity index (χ1v) is 20.0. The monoisotopic (exact) mass is 806 g/mol. The first-order chi connectivity index (χ1) is 26.0. The number of alkyl halides is 4. The molecule has 4 aliphatic carbocycles. The predicted molar refractivity (Wildman–Crippen MR) is 191 cm³/mol. The van der Waals surface area contributed by atoms with Crippen molar-refractivity contribution in [2.45, 2.75) is 99.3 Å². The van der Waals surface area contributed by atoms with Gasteiger partial charge in [-0.15, -0.1) is 0 Å². The van der Waals surface area contributed by atoms with E-state index in [2.05, 4.69) is 25.6 Å². The first kappa shape index (κ1) is 38.9. The van der Waals surface area contributed by atoms with Gasteiger partial charge in [0.1, 0.15) is 11.4 Å². The van der Waals surface area contributed by atoms with Gasteiger partial charge in [0.05, 0.1) is 5.54 Å². The molecule has 0 radical (unpaired) electrons. The number of nitrogens with one attached hydrogen (secondary N) is 3. The van der Waals surface area contributed by atoms with Crippen molar-refractivity contribution in [3.05, 3.63) is 76.1 Å². The molecular weight excluding hydrogens is 768 g/mol. The molecule has 3 N–H and O–H groups in total. The summed E-state index contributed by atoms with van der Waals surface area (Å²) in [6.45, 7) is -1.58. The summed E-state index contributed by atoms with van der Waals surface area (Å²) in [6, 6.07) is 13.4. The SMILES string of the molecule is O=C(CCCCC(=O)c1ccc(Cc2nc(NC3(c4ccc(Cl)cc4)CC3)nc(OCC(F)(F)F)n2)cc1)N[C@]1(C(=O)NS(=O)(=O)C2(F)CC2)C[C@H]1C1CC1. The Morgan fingerprint density at radius 2 is 1.58 bits per heavy atom. The van der Waals surface area contributed by atoms with Gasteiger partial charge >= 0.3 is 12.2 Å². The van der Waals surface area contributed by atoms with E-state index >= 15 is 0 Å². The molecule has 4 aliphatic rings. The molecule has 0 aliphatic heterocycles. The number of rotatable bonds is 18. The summed E-state index contributed by atoms with van der Waals surface area (Å²) >= 11 is 6.04. The number of sulfonamides is 1. The number of aromatic nitrogens is 3. The van der Waals surface area contributed by atoms with Crippen LogP contribution in [0, 0.1) is 11.8 Å². The summed E-state index contributed by atoms with van der Waals surface area (Å²) in [5.41, 5.74) is 0.146. The molecule has 18 heteroatoms. The van der Waals surface area contributed by atoms with E-state index in [4.69, 9.17) is 16.3 Å². The summed E-state index contributed by atoms with van der Waals surface area (Å²) < 4.78 is 84.6. The zero-order valence-corrected chi connectivity index (χ0v) is 31.1. The molecule has 4 fully saturated rings. The fourth-order valence-corrected chi connectivity index (χ4v) is 8.22. The minimum absolute atomic E-state index is 0.0106. The molecule has 0 unspecified atom stereocenters. The van der Waals surface area contributed by atoms with Gasteiger partial charge in [0.25, 0.3) is 15.9 Å². The van der Waals surface area contributed by atoms with Crippen LogP contribution in [-0.4, -0.2) is 64.3 Å². The Kier molecular flexibility index (Phi) is 10.3. The number of hydrogen-bond donors (Lipinski definition) is 3. The van der Waals surface area contributed by atoms with Crippen molar-refractivity contribution in [1.82, 2.24) is 25.0 Å². The Morgan fingerprint density at radius 3 is 2.20 bits per heavy atom. The highest BCUT2D eigenvalue weighted by molar-refractivity contribution is 7.91. The lowest BCUT2D eigenvalue weighted by molar-refractivity contribution is -0.154. The lowest BCUT2D eigenvalue weighted by Gasteiger charge is -2.20. The number of anilines is 1. The smallest absolute Gasteiger partial charge is 0.422 e. The van der Waals surface area contributed by atoms with Crippen LogP contribution < -0.4 is 20.1 Å². The van der Waals surface area contributed by atoms with Crippen molar-refractivity contribution in [2.24, 2.45) is 11.8 Å². The second-order valence-electron chi connectivity index (χ2n) is 15.0. The number of ketones is 1. The lowest BCUT2D eigenvalue weighted by Crippen LogP contribution is -2.53. The molecule has 55 heavy (non-hydrogen) atoms. The number of unbranched alkanes of at least 4 members (excludes halogenated alkanes) is 1. The number of ether oxygens (including phenoxy) is 1. The third-order valence-corrected chi connectivity index (χ3v) is 12.6. The van der Waals surface area contributed by atoms with Gasteiger partial charge in [-0.05, 0) is 80.0 Å². The van der Waals surface area contributed by atoms with Gasteiger partial charge < -0.3 is 15.4 Å². The third kappa shape index (κ3) is 9.20. The first-order valence-electron chi connectivity index (χ1n) is 18.2. The minimum Gasteiger partial charge on any atom is -0.454 e. The topological polar surface area (TPSA) is 169 Å². The van der Waals surface area contributed by atoms with E-state index in [-0.39, 0.29) is 61.5 Å². The van der Waals surface area contributed by atoms with Gasteiger partial charge in [-0.25, -0.2) is 17.5 Å². The van der Waals surface area contributed by atoms with E-state index in [9.17, 15) is 40.4 Å². The number of Topliss-reactive ketones (excluding diaryl/α,β-unsaturated/α-hetero) is 1. The van der Waals surface area contributed by atoms with E-state index in [1.165, 1.54) is 0 Å². The average Bonchev–Trinajstić information content (AvgIpc) is 3.92. The summed E-state index contributed by atoms with van der Waals surface area (Å²) in [4.78, 5) is 51.5. The summed E-state index contributed by atoms with van der Waals surface area (Å²) in [5, 5.41) is 4.08. The fraction of sp³-hybridized carbons (Fsp3) is 0.514. The quantitative estimate of drug-likeness (QED) is 0.0777. The van der Waals surface area contributed by atoms with Crippen LogP contribution in [0.2, 0.25) is 5.02 Å². The van der Waals surface area contributed by atoms with Crippen LogP contribution in [0.4, 0.5) is 23.5 Å². The van der Waals surface area contributed by atoms with Gasteiger partial charge in [-0.1, -0.05) is 48.0 Å². The molecule has 1 heterocycles. The summed E-state index contributed by atoms with van der Waals surface area (Å²) in [6.07, 6.45) is -0.452. The van der Waals surface area contributed by atoms with Crippen LogP contribution in [-0.2, 0) is 31.6 Å². The Labute approximate surface area is 319 Å². The Hall–Kier alpha value is -4.38. The van der Waals surface area contributed by atoms with Crippen molar-refractivity contribution >= 4 is 45.2 Å². The molecule has 1 aromatic heterocycles. The van der Waals surface area contributed by atoms with Crippen molar-refractivity contribution in [3.63, 3.8) is 0 Å². The van der Waals surface area contributed by atoms with Gasteiger partial charge in [-0.3, -0.25) is 14.4 Å². The van der Waals surface area contributed by atoms with E-state index < -0.39 is 56.7 Å². The standard InChI is InChI=1S/C37H39ClF4N6O6S/c38-26-13-11-25(12-14-26)34(15-16-34)47-32-43-29(44-33(45-32)54-21-37(40,41)42)19-22-5-7-24(8-6-22)28(49)3-1-2-4-30(50)46-36(20-27(36)23-9-10-23)31(51)48-55(52,53)35(39)17-18-35/h5-8,11-14,23,27H,1-4,9-10,15-21H2,(H,46,50)(H,48,51)(H,43,44,45,47)/t27-,36+/m0/s1. The molecule has 7 rings (SSSR count). The van der Waals surface area contributed by atoms with Crippen molar-refractivity contribution in [1.29, 1.82) is 0 Å². The maximum atomic E-state index is 14.3. The van der Waals surface area contributed by atoms with E-state index in [1.54, 1.807) is 36.4 Å². The molecule has 294 valence electrons. The van der Waals surface area contributed by atoms with Crippen molar-refractivity contribution < 1.29 is 45.1 Å². The minimum atomic E-state index is -4.60. The van der Waals surface area contributed by atoms with E-state index in [0.717, 1.165) is 31.2 Å². The molecule has 3 aromatic rings. The zero-order valence-electron chi connectivity index (χ0n) is 29.6. The van der Waals surface area contributed by atoms with Crippen LogP contribution >= 0.6 is 11.6 Å². The number of hydrogen-bond acceptors (Lipinski definition) is 10. The molecule has 4 saturated carbocycles.